The molecule has 0 aliphatic rings. The van der Waals surface area contributed by atoms with E-state index in [0.717, 1.165) is 104 Å². The predicted octanol–water partition coefficient (Wildman–Crippen LogP) is 13.5. The minimum Gasteiger partial charge on any atom is -0.456 e. The van der Waals surface area contributed by atoms with E-state index >= 15 is 0 Å². The molecule has 0 spiro atoms. The van der Waals surface area contributed by atoms with Gasteiger partial charge < -0.3 is 13.3 Å². The number of rotatable bonds is 3. The van der Waals surface area contributed by atoms with E-state index in [0.29, 0.717) is 0 Å². The zero-order valence-electron chi connectivity index (χ0n) is 26.2. The summed E-state index contributed by atoms with van der Waals surface area (Å²) in [5, 5.41) is 10.0. The summed E-state index contributed by atoms with van der Waals surface area (Å²) >= 11 is 0. The molecule has 11 aromatic rings. The van der Waals surface area contributed by atoms with E-state index < -0.39 is 0 Å². The first-order valence-electron chi connectivity index (χ1n) is 16.6. The first-order chi connectivity index (χ1) is 24.3. The molecule has 0 aliphatic heterocycles. The first-order valence-corrected chi connectivity index (χ1v) is 16.6. The van der Waals surface area contributed by atoms with Crippen LogP contribution in [-0.2, 0) is 0 Å². The summed E-state index contributed by atoms with van der Waals surface area (Å²) in [5.41, 5.74) is 9.92. The van der Waals surface area contributed by atoms with Crippen molar-refractivity contribution in [1.82, 2.24) is 0 Å². The fourth-order valence-electron chi connectivity index (χ4n) is 8.11. The van der Waals surface area contributed by atoms with Gasteiger partial charge in [-0.25, -0.2) is 0 Å². The lowest BCUT2D eigenvalue weighted by atomic mass is 9.85. The highest BCUT2D eigenvalue weighted by molar-refractivity contribution is 6.29. The van der Waals surface area contributed by atoms with Crippen LogP contribution < -0.4 is 0 Å². The molecule has 3 heterocycles. The highest BCUT2D eigenvalue weighted by Crippen LogP contribution is 2.52. The highest BCUT2D eigenvalue weighted by atomic mass is 16.3. The molecule has 0 aliphatic carbocycles. The molecule has 11 rings (SSSR count). The third kappa shape index (κ3) is 3.67. The fourth-order valence-corrected chi connectivity index (χ4v) is 8.11. The van der Waals surface area contributed by atoms with Crippen LogP contribution in [0.1, 0.15) is 0 Å². The molecule has 0 saturated carbocycles. The Kier molecular flexibility index (Phi) is 5.38. The van der Waals surface area contributed by atoms with Crippen molar-refractivity contribution in [2.45, 2.75) is 0 Å². The van der Waals surface area contributed by atoms with Crippen molar-refractivity contribution in [3.8, 4) is 33.6 Å². The van der Waals surface area contributed by atoms with Crippen LogP contribution in [0, 0.1) is 0 Å². The largest absolute Gasteiger partial charge is 0.456 e. The molecule has 0 fully saturated rings. The molecule has 0 unspecified atom stereocenters. The molecule has 3 heteroatoms. The quantitative estimate of drug-likeness (QED) is 0.183. The maximum Gasteiger partial charge on any atom is 0.144 e. The molecule has 0 bridgehead atoms. The Morgan fingerprint density at radius 2 is 0.735 bits per heavy atom. The standard InChI is InChI=1S/C46H26O3/c1-2-13-27(14-3-1)40-45-39(26-25-38-44(45)33-20-9-11-23-36(33)48-38)49-46(40)43-30-17-6-4-15-28(30)41(29-16-5-7-18-31(29)43)34-21-12-24-37-42(34)32-19-8-10-22-35(32)47-37/h1-26H. The Morgan fingerprint density at radius 1 is 0.265 bits per heavy atom. The van der Waals surface area contributed by atoms with Gasteiger partial charge in [-0.05, 0) is 68.6 Å². The molecule has 0 N–H and O–H groups in total. The minimum absolute atomic E-state index is 0.833. The first kappa shape index (κ1) is 26.5. The fraction of sp³-hybridized carbons (Fsp3) is 0. The molecule has 0 saturated heterocycles. The van der Waals surface area contributed by atoms with Crippen molar-refractivity contribution in [1.29, 1.82) is 0 Å². The summed E-state index contributed by atoms with van der Waals surface area (Å²) in [4.78, 5) is 0. The van der Waals surface area contributed by atoms with E-state index in [1.165, 1.54) is 5.56 Å². The van der Waals surface area contributed by atoms with E-state index in [-0.39, 0.29) is 0 Å². The van der Waals surface area contributed by atoms with Gasteiger partial charge in [-0.1, -0.05) is 127 Å². The van der Waals surface area contributed by atoms with Crippen molar-refractivity contribution in [2.75, 3.05) is 0 Å². The lowest BCUT2D eigenvalue weighted by molar-refractivity contribution is 0.633. The van der Waals surface area contributed by atoms with Gasteiger partial charge in [0, 0.05) is 38.1 Å². The monoisotopic (exact) mass is 626 g/mol. The van der Waals surface area contributed by atoms with E-state index in [9.17, 15) is 0 Å². The normalized spacial score (nSPS) is 12.1. The average Bonchev–Trinajstić information content (AvgIpc) is 3.85. The second-order valence-electron chi connectivity index (χ2n) is 12.7. The van der Waals surface area contributed by atoms with Crippen LogP contribution in [0.3, 0.4) is 0 Å². The van der Waals surface area contributed by atoms with Gasteiger partial charge in [0.1, 0.15) is 33.7 Å². The van der Waals surface area contributed by atoms with Gasteiger partial charge in [-0.3, -0.25) is 0 Å². The highest BCUT2D eigenvalue weighted by Gasteiger charge is 2.27. The summed E-state index contributed by atoms with van der Waals surface area (Å²) < 4.78 is 19.8. The molecule has 0 amide bonds. The van der Waals surface area contributed by atoms with Crippen LogP contribution in [0.15, 0.2) is 171 Å². The molecule has 8 aromatic carbocycles. The van der Waals surface area contributed by atoms with Gasteiger partial charge in [-0.15, -0.1) is 0 Å². The van der Waals surface area contributed by atoms with Crippen molar-refractivity contribution < 1.29 is 13.3 Å². The van der Waals surface area contributed by atoms with Crippen LogP contribution in [-0.4, -0.2) is 0 Å². The summed E-state index contributed by atoms with van der Waals surface area (Å²) in [6.45, 7) is 0. The van der Waals surface area contributed by atoms with E-state index in [4.69, 9.17) is 13.3 Å². The molecule has 0 atom stereocenters. The van der Waals surface area contributed by atoms with Crippen molar-refractivity contribution >= 4 is 76.4 Å². The van der Waals surface area contributed by atoms with E-state index in [1.807, 2.05) is 30.3 Å². The maximum absolute atomic E-state index is 7.09. The molecule has 3 nitrogen and oxygen atoms in total. The number of benzene rings is 8. The smallest absolute Gasteiger partial charge is 0.144 e. The lowest BCUT2D eigenvalue weighted by Crippen LogP contribution is -1.91. The number of fused-ring (bicyclic) bond motifs is 10. The molecular formula is C46H26O3. The van der Waals surface area contributed by atoms with Crippen LogP contribution in [0.4, 0.5) is 0 Å². The third-order valence-electron chi connectivity index (χ3n) is 10.1. The number of hydrogen-bond acceptors (Lipinski definition) is 3. The minimum atomic E-state index is 0.833. The van der Waals surface area contributed by atoms with Crippen LogP contribution in [0.5, 0.6) is 0 Å². The van der Waals surface area contributed by atoms with Gasteiger partial charge in [0.15, 0.2) is 0 Å². The van der Waals surface area contributed by atoms with Gasteiger partial charge in [0.25, 0.3) is 0 Å². The molecule has 228 valence electrons. The van der Waals surface area contributed by atoms with Gasteiger partial charge in [0.05, 0.1) is 0 Å². The summed E-state index contributed by atoms with van der Waals surface area (Å²) in [6, 6.07) is 55.2. The predicted molar refractivity (Wildman–Crippen MR) is 202 cm³/mol. The number of hydrogen-bond donors (Lipinski definition) is 0. The topological polar surface area (TPSA) is 39.4 Å². The number of furan rings is 3. The number of para-hydroxylation sites is 2. The summed E-state index contributed by atoms with van der Waals surface area (Å²) in [7, 11) is 0. The Labute approximate surface area is 280 Å². The van der Waals surface area contributed by atoms with Crippen molar-refractivity contribution in [3.63, 3.8) is 0 Å². The second-order valence-corrected chi connectivity index (χ2v) is 12.7. The van der Waals surface area contributed by atoms with E-state index in [1.54, 1.807) is 0 Å². The molecular weight excluding hydrogens is 601 g/mol. The van der Waals surface area contributed by atoms with Crippen LogP contribution >= 0.6 is 0 Å². The average molecular weight is 627 g/mol. The van der Waals surface area contributed by atoms with Crippen LogP contribution in [0.2, 0.25) is 0 Å². The molecule has 3 aromatic heterocycles. The Hall–Kier alpha value is -6.58. The van der Waals surface area contributed by atoms with Gasteiger partial charge in [0.2, 0.25) is 0 Å². The Morgan fingerprint density at radius 3 is 1.37 bits per heavy atom. The molecule has 0 radical (unpaired) electrons. The Balaban J connectivity index is 1.33. The van der Waals surface area contributed by atoms with Crippen LogP contribution in [0.25, 0.3) is 110 Å². The third-order valence-corrected chi connectivity index (χ3v) is 10.1. The van der Waals surface area contributed by atoms with Gasteiger partial charge >= 0.3 is 0 Å². The lowest BCUT2D eigenvalue weighted by Gasteiger charge is -2.18. The van der Waals surface area contributed by atoms with Gasteiger partial charge in [-0.2, -0.15) is 0 Å². The molecule has 49 heavy (non-hydrogen) atoms. The summed E-state index contributed by atoms with van der Waals surface area (Å²) in [6.07, 6.45) is 0. The van der Waals surface area contributed by atoms with Crippen molar-refractivity contribution in [2.24, 2.45) is 0 Å². The summed E-state index contributed by atoms with van der Waals surface area (Å²) in [5.74, 6) is 0.852. The second kappa shape index (κ2) is 9.96. The Bertz CT molecular complexity index is 3040. The zero-order chi connectivity index (χ0) is 32.1. The zero-order valence-corrected chi connectivity index (χ0v) is 26.2. The van der Waals surface area contributed by atoms with Crippen molar-refractivity contribution in [3.05, 3.63) is 158 Å². The SMILES string of the molecule is c1ccc(-c2c(-c3c4ccccc4c(-c4cccc5oc6ccccc6c45)c4ccccc34)oc3ccc4oc5ccccc5c4c23)cc1. The maximum atomic E-state index is 7.09. The van der Waals surface area contributed by atoms with E-state index in [2.05, 4.69) is 127 Å².